The Bertz CT molecular complexity index is 580. The van der Waals surface area contributed by atoms with Gasteiger partial charge in [0.15, 0.2) is 5.82 Å². The molecule has 1 aromatic heterocycles. The molecule has 0 aliphatic rings. The van der Waals surface area contributed by atoms with E-state index in [4.69, 9.17) is 21.9 Å². The maximum Gasteiger partial charge on any atom is 0.248 e. The van der Waals surface area contributed by atoms with E-state index >= 15 is 0 Å². The summed E-state index contributed by atoms with van der Waals surface area (Å²) in [4.78, 5) is 4.35. The first-order valence-corrected chi connectivity index (χ1v) is 7.69. The van der Waals surface area contributed by atoms with Gasteiger partial charge in [0.1, 0.15) is 6.04 Å². The highest BCUT2D eigenvalue weighted by molar-refractivity contribution is 7.99. The quantitative estimate of drug-likeness (QED) is 0.930. The summed E-state index contributed by atoms with van der Waals surface area (Å²) < 4.78 is 5.40. The predicted octanol–water partition coefficient (Wildman–Crippen LogP) is 3.80. The molecular weight excluding hydrogens is 294 g/mol. The molecule has 0 spiro atoms. The minimum absolute atomic E-state index is 0.158. The lowest BCUT2D eigenvalue weighted by Gasteiger charge is -2.15. The van der Waals surface area contributed by atoms with E-state index in [1.165, 1.54) is 0 Å². The molecule has 0 amide bonds. The average Bonchev–Trinajstić information content (AvgIpc) is 2.84. The van der Waals surface area contributed by atoms with Crippen molar-refractivity contribution < 1.29 is 4.52 Å². The van der Waals surface area contributed by atoms with Gasteiger partial charge < -0.3 is 10.3 Å². The molecule has 1 aromatic carbocycles. The SMILES string of the molecule is CC(C)(C)SCc1noc([C@H](N)c2ccccc2Cl)n1. The first kappa shape index (κ1) is 15.4. The Balaban J connectivity index is 2.11. The largest absolute Gasteiger partial charge is 0.337 e. The number of nitrogens with zero attached hydrogens (tertiary/aromatic N) is 2. The van der Waals surface area contributed by atoms with Crippen molar-refractivity contribution in [2.24, 2.45) is 5.73 Å². The van der Waals surface area contributed by atoms with Gasteiger partial charge in [-0.2, -0.15) is 4.98 Å². The van der Waals surface area contributed by atoms with Crippen molar-refractivity contribution in [2.45, 2.75) is 37.3 Å². The fraction of sp³-hybridized carbons (Fsp3) is 0.429. The third-order valence-electron chi connectivity index (χ3n) is 2.62. The molecule has 2 rings (SSSR count). The number of hydrogen-bond acceptors (Lipinski definition) is 5. The van der Waals surface area contributed by atoms with Crippen LogP contribution in [0.15, 0.2) is 28.8 Å². The van der Waals surface area contributed by atoms with Crippen LogP contribution >= 0.6 is 23.4 Å². The molecule has 2 aromatic rings. The highest BCUT2D eigenvalue weighted by Gasteiger charge is 2.20. The molecule has 20 heavy (non-hydrogen) atoms. The predicted molar refractivity (Wildman–Crippen MR) is 82.8 cm³/mol. The molecule has 6 heteroatoms. The Morgan fingerprint density at radius 2 is 2.05 bits per heavy atom. The second-order valence-corrected chi connectivity index (χ2v) is 7.66. The van der Waals surface area contributed by atoms with Crippen molar-refractivity contribution in [3.63, 3.8) is 0 Å². The second kappa shape index (κ2) is 6.16. The molecule has 4 nitrogen and oxygen atoms in total. The first-order chi connectivity index (χ1) is 9.37. The molecule has 0 unspecified atom stereocenters. The summed E-state index contributed by atoms with van der Waals surface area (Å²) in [7, 11) is 0. The molecule has 1 heterocycles. The van der Waals surface area contributed by atoms with Gasteiger partial charge in [-0.05, 0) is 11.6 Å². The second-order valence-electron chi connectivity index (χ2n) is 5.45. The van der Waals surface area contributed by atoms with E-state index in [0.717, 1.165) is 5.56 Å². The number of hydrogen-bond donors (Lipinski definition) is 1. The molecule has 0 saturated carbocycles. The normalized spacial score (nSPS) is 13.4. The molecule has 2 N–H and O–H groups in total. The van der Waals surface area contributed by atoms with Crippen LogP contribution in [-0.4, -0.2) is 14.9 Å². The maximum absolute atomic E-state index is 6.12. The van der Waals surface area contributed by atoms with E-state index in [2.05, 4.69) is 30.9 Å². The Hall–Kier alpha value is -1.04. The van der Waals surface area contributed by atoms with Gasteiger partial charge in [0.25, 0.3) is 0 Å². The molecule has 1 atom stereocenters. The summed E-state index contributed by atoms with van der Waals surface area (Å²) in [5, 5.41) is 4.57. The number of aromatic nitrogens is 2. The zero-order valence-corrected chi connectivity index (χ0v) is 13.3. The number of thioether (sulfide) groups is 1. The van der Waals surface area contributed by atoms with Crippen molar-refractivity contribution in [1.29, 1.82) is 0 Å². The van der Waals surface area contributed by atoms with Crippen molar-refractivity contribution in [3.05, 3.63) is 46.6 Å². The van der Waals surface area contributed by atoms with E-state index in [0.29, 0.717) is 22.5 Å². The van der Waals surface area contributed by atoms with Crippen molar-refractivity contribution in [1.82, 2.24) is 10.1 Å². The van der Waals surface area contributed by atoms with E-state index < -0.39 is 6.04 Å². The van der Waals surface area contributed by atoms with Crippen LogP contribution in [0.2, 0.25) is 5.02 Å². The maximum atomic E-state index is 6.12. The molecule has 0 bridgehead atoms. The third-order valence-corrected chi connectivity index (χ3v) is 4.24. The molecule has 0 saturated heterocycles. The Morgan fingerprint density at radius 1 is 1.35 bits per heavy atom. The average molecular weight is 312 g/mol. The zero-order chi connectivity index (χ0) is 14.8. The third kappa shape index (κ3) is 3.98. The van der Waals surface area contributed by atoms with Crippen LogP contribution in [0, 0.1) is 0 Å². The van der Waals surface area contributed by atoms with Crippen LogP contribution in [0.5, 0.6) is 0 Å². The monoisotopic (exact) mass is 311 g/mol. The van der Waals surface area contributed by atoms with Gasteiger partial charge in [0.05, 0.1) is 5.75 Å². The van der Waals surface area contributed by atoms with Crippen LogP contribution < -0.4 is 5.73 Å². The Labute approximate surface area is 128 Å². The molecule has 0 aliphatic carbocycles. The lowest BCUT2D eigenvalue weighted by molar-refractivity contribution is 0.363. The zero-order valence-electron chi connectivity index (χ0n) is 11.8. The highest BCUT2D eigenvalue weighted by atomic mass is 35.5. The summed E-state index contributed by atoms with van der Waals surface area (Å²) in [5.41, 5.74) is 6.91. The Kier molecular flexibility index (Phi) is 4.73. The van der Waals surface area contributed by atoms with Gasteiger partial charge in [0, 0.05) is 9.77 Å². The summed E-state index contributed by atoms with van der Waals surface area (Å²) in [5.74, 6) is 1.74. The molecule has 0 radical (unpaired) electrons. The van der Waals surface area contributed by atoms with Crippen LogP contribution in [-0.2, 0) is 5.75 Å². The lowest BCUT2D eigenvalue weighted by atomic mass is 10.1. The number of nitrogens with two attached hydrogens (primary N) is 1. The minimum atomic E-state index is -0.496. The van der Waals surface area contributed by atoms with E-state index in [-0.39, 0.29) is 4.75 Å². The van der Waals surface area contributed by atoms with Crippen LogP contribution in [0.1, 0.15) is 44.1 Å². The van der Waals surface area contributed by atoms with Crippen LogP contribution in [0.25, 0.3) is 0 Å². The van der Waals surface area contributed by atoms with Crippen molar-refractivity contribution in [3.8, 4) is 0 Å². The van der Waals surface area contributed by atoms with Crippen molar-refractivity contribution in [2.75, 3.05) is 0 Å². The Morgan fingerprint density at radius 3 is 2.70 bits per heavy atom. The smallest absolute Gasteiger partial charge is 0.248 e. The first-order valence-electron chi connectivity index (χ1n) is 6.33. The standard InChI is InChI=1S/C14H18ClN3OS/c1-14(2,3)20-8-11-17-13(19-18-11)12(16)9-6-4-5-7-10(9)15/h4-7,12H,8,16H2,1-3H3/t12-/m1/s1. The van der Waals surface area contributed by atoms with Crippen LogP contribution in [0.4, 0.5) is 0 Å². The van der Waals surface area contributed by atoms with Gasteiger partial charge >= 0.3 is 0 Å². The van der Waals surface area contributed by atoms with E-state index in [9.17, 15) is 0 Å². The number of rotatable bonds is 4. The van der Waals surface area contributed by atoms with Gasteiger partial charge in [-0.1, -0.05) is 55.7 Å². The molecule has 0 fully saturated rings. The number of halogens is 1. The van der Waals surface area contributed by atoms with Gasteiger partial charge in [-0.15, -0.1) is 11.8 Å². The van der Waals surface area contributed by atoms with Gasteiger partial charge in [-0.25, -0.2) is 0 Å². The molecular formula is C14H18ClN3OS. The summed E-state index contributed by atoms with van der Waals surface area (Å²) in [6, 6.07) is 6.90. The highest BCUT2D eigenvalue weighted by Crippen LogP contribution is 2.28. The topological polar surface area (TPSA) is 64.9 Å². The van der Waals surface area contributed by atoms with Crippen molar-refractivity contribution >= 4 is 23.4 Å². The summed E-state index contributed by atoms with van der Waals surface area (Å²) >= 11 is 7.88. The minimum Gasteiger partial charge on any atom is -0.337 e. The van der Waals surface area contributed by atoms with E-state index in [1.807, 2.05) is 18.2 Å². The number of benzene rings is 1. The fourth-order valence-electron chi connectivity index (χ4n) is 1.59. The fourth-order valence-corrected chi connectivity index (χ4v) is 2.53. The van der Waals surface area contributed by atoms with E-state index in [1.54, 1.807) is 17.8 Å². The van der Waals surface area contributed by atoms with Gasteiger partial charge in [-0.3, -0.25) is 0 Å². The van der Waals surface area contributed by atoms with Gasteiger partial charge in [0.2, 0.25) is 5.89 Å². The molecule has 108 valence electrons. The van der Waals surface area contributed by atoms with Crippen LogP contribution in [0.3, 0.4) is 0 Å². The summed E-state index contributed by atoms with van der Waals surface area (Å²) in [6.45, 7) is 6.44. The lowest BCUT2D eigenvalue weighted by Crippen LogP contribution is -2.13. The summed E-state index contributed by atoms with van der Waals surface area (Å²) in [6.07, 6.45) is 0. The molecule has 0 aliphatic heterocycles.